The third kappa shape index (κ3) is 4.95. The van der Waals surface area contributed by atoms with E-state index in [-0.39, 0.29) is 11.7 Å². The summed E-state index contributed by atoms with van der Waals surface area (Å²) in [4.78, 5) is 14.9. The Morgan fingerprint density at radius 3 is 2.46 bits per heavy atom. The number of rotatable bonds is 7. The molecule has 0 aliphatic rings. The van der Waals surface area contributed by atoms with Gasteiger partial charge in [-0.2, -0.15) is 0 Å². The number of carbonyl (C=O) groups excluding carboxylic acids is 1. The van der Waals surface area contributed by atoms with Gasteiger partial charge in [0.2, 0.25) is 5.91 Å². The van der Waals surface area contributed by atoms with Crippen LogP contribution in [0.3, 0.4) is 0 Å². The molecule has 0 fully saturated rings. The molecule has 1 aromatic heterocycles. The first-order valence-electron chi connectivity index (χ1n) is 8.04. The van der Waals surface area contributed by atoms with Crippen LogP contribution < -0.4 is 0 Å². The predicted octanol–water partition coefficient (Wildman–Crippen LogP) is 4.88. The molecular weight excluding hydrogens is 356 g/mol. The number of hydrogen-bond donors (Lipinski definition) is 0. The van der Waals surface area contributed by atoms with E-state index in [1.807, 2.05) is 36.4 Å². The fourth-order valence-corrected chi connectivity index (χ4v) is 3.25. The second-order valence-corrected chi connectivity index (χ2v) is 6.73. The highest BCUT2D eigenvalue weighted by Gasteiger charge is 2.16. The number of nitrogens with zero attached hydrogens (tertiary/aromatic N) is 1. The number of hydrogen-bond acceptors (Lipinski definition) is 3. The molecule has 0 unspecified atom stereocenters. The molecule has 0 saturated carbocycles. The minimum Gasteiger partial charge on any atom is -0.467 e. The van der Waals surface area contributed by atoms with Gasteiger partial charge in [0, 0.05) is 11.4 Å². The van der Waals surface area contributed by atoms with E-state index in [1.54, 1.807) is 17.2 Å². The molecule has 0 atom stereocenters. The van der Waals surface area contributed by atoms with Crippen LogP contribution in [0.1, 0.15) is 11.3 Å². The van der Waals surface area contributed by atoms with Crippen LogP contribution in [0.2, 0.25) is 0 Å². The van der Waals surface area contributed by atoms with Crippen molar-refractivity contribution in [2.75, 3.05) is 5.75 Å². The van der Waals surface area contributed by atoms with Crippen LogP contribution >= 0.6 is 11.8 Å². The number of furan rings is 1. The summed E-state index contributed by atoms with van der Waals surface area (Å²) in [7, 11) is 0. The fourth-order valence-electron chi connectivity index (χ4n) is 2.43. The van der Waals surface area contributed by atoms with E-state index in [1.165, 1.54) is 17.8 Å². The van der Waals surface area contributed by atoms with Crippen LogP contribution in [0.4, 0.5) is 8.78 Å². The molecule has 1 heterocycles. The second kappa shape index (κ2) is 8.67. The quantitative estimate of drug-likeness (QED) is 0.554. The number of halogens is 2. The maximum Gasteiger partial charge on any atom is 0.233 e. The average molecular weight is 373 g/mol. The molecule has 0 aliphatic carbocycles. The molecule has 3 nitrogen and oxygen atoms in total. The molecule has 3 aromatic rings. The summed E-state index contributed by atoms with van der Waals surface area (Å²) < 4.78 is 31.7. The van der Waals surface area contributed by atoms with Gasteiger partial charge in [-0.25, -0.2) is 8.78 Å². The molecule has 0 spiro atoms. The highest BCUT2D eigenvalue weighted by atomic mass is 32.2. The summed E-state index contributed by atoms with van der Waals surface area (Å²) in [6, 6.07) is 16.9. The van der Waals surface area contributed by atoms with Crippen molar-refractivity contribution in [2.24, 2.45) is 0 Å². The molecule has 0 N–H and O–H groups in total. The number of carbonyl (C=O) groups is 1. The normalized spacial score (nSPS) is 10.7. The van der Waals surface area contributed by atoms with Crippen LogP contribution in [0.5, 0.6) is 0 Å². The lowest BCUT2D eigenvalue weighted by molar-refractivity contribution is -0.129. The van der Waals surface area contributed by atoms with Crippen molar-refractivity contribution in [2.45, 2.75) is 18.0 Å². The number of thioether (sulfide) groups is 1. The fraction of sp³-hybridized carbons (Fsp3) is 0.150. The first-order chi connectivity index (χ1) is 12.6. The van der Waals surface area contributed by atoms with Crippen molar-refractivity contribution in [3.05, 3.63) is 89.9 Å². The average Bonchev–Trinajstić information content (AvgIpc) is 3.16. The summed E-state index contributed by atoms with van der Waals surface area (Å²) in [5.74, 6) is -1.12. The van der Waals surface area contributed by atoms with E-state index in [4.69, 9.17) is 4.42 Å². The Bertz CT molecular complexity index is 854. The lowest BCUT2D eigenvalue weighted by Gasteiger charge is -2.22. The van der Waals surface area contributed by atoms with Crippen molar-refractivity contribution in [3.8, 4) is 0 Å². The predicted molar refractivity (Wildman–Crippen MR) is 96.5 cm³/mol. The first kappa shape index (κ1) is 18.2. The van der Waals surface area contributed by atoms with E-state index >= 15 is 0 Å². The Morgan fingerprint density at radius 1 is 0.962 bits per heavy atom. The highest BCUT2D eigenvalue weighted by molar-refractivity contribution is 8.00. The topological polar surface area (TPSA) is 33.5 Å². The lowest BCUT2D eigenvalue weighted by atomic mass is 10.2. The van der Waals surface area contributed by atoms with Crippen molar-refractivity contribution in [3.63, 3.8) is 0 Å². The second-order valence-electron chi connectivity index (χ2n) is 5.68. The zero-order valence-corrected chi connectivity index (χ0v) is 14.7. The van der Waals surface area contributed by atoms with E-state index in [0.29, 0.717) is 23.7 Å². The Balaban J connectivity index is 1.68. The monoisotopic (exact) mass is 373 g/mol. The number of benzene rings is 2. The van der Waals surface area contributed by atoms with Crippen molar-refractivity contribution >= 4 is 17.7 Å². The van der Waals surface area contributed by atoms with Gasteiger partial charge in [-0.15, -0.1) is 11.8 Å². The van der Waals surface area contributed by atoms with Gasteiger partial charge >= 0.3 is 0 Å². The summed E-state index contributed by atoms with van der Waals surface area (Å²) >= 11 is 1.17. The van der Waals surface area contributed by atoms with Gasteiger partial charge in [0.1, 0.15) is 5.76 Å². The minimum atomic E-state index is -0.917. The minimum absolute atomic E-state index is 0.111. The standard InChI is InChI=1S/C20H17F2NO2S/c21-18-9-8-17(11-19(18)22)26-14-20(24)23(13-16-7-4-10-25-16)12-15-5-2-1-3-6-15/h1-11H,12-14H2. The van der Waals surface area contributed by atoms with E-state index in [0.717, 1.165) is 17.7 Å². The molecule has 134 valence electrons. The molecule has 3 rings (SSSR count). The zero-order chi connectivity index (χ0) is 18.4. The Labute approximate surface area is 154 Å². The van der Waals surface area contributed by atoms with Crippen LogP contribution in [-0.2, 0) is 17.9 Å². The molecule has 2 aromatic carbocycles. The zero-order valence-electron chi connectivity index (χ0n) is 13.9. The van der Waals surface area contributed by atoms with Crippen LogP contribution in [0.25, 0.3) is 0 Å². The summed E-state index contributed by atoms with van der Waals surface area (Å²) in [6.07, 6.45) is 1.57. The van der Waals surface area contributed by atoms with Crippen molar-refractivity contribution in [1.82, 2.24) is 4.90 Å². The third-order valence-electron chi connectivity index (χ3n) is 3.75. The van der Waals surface area contributed by atoms with Crippen LogP contribution in [0.15, 0.2) is 76.2 Å². The van der Waals surface area contributed by atoms with E-state index in [2.05, 4.69) is 0 Å². The van der Waals surface area contributed by atoms with Crippen molar-refractivity contribution in [1.29, 1.82) is 0 Å². The van der Waals surface area contributed by atoms with E-state index < -0.39 is 11.6 Å². The van der Waals surface area contributed by atoms with Gasteiger partial charge in [0.15, 0.2) is 11.6 Å². The molecule has 0 radical (unpaired) electrons. The Kier molecular flexibility index (Phi) is 6.07. The largest absolute Gasteiger partial charge is 0.467 e. The molecular formula is C20H17F2NO2S. The lowest BCUT2D eigenvalue weighted by Crippen LogP contribution is -2.31. The Morgan fingerprint density at radius 2 is 1.77 bits per heavy atom. The van der Waals surface area contributed by atoms with Gasteiger partial charge in [0.05, 0.1) is 18.6 Å². The maximum atomic E-state index is 13.3. The smallest absolute Gasteiger partial charge is 0.233 e. The van der Waals surface area contributed by atoms with Gasteiger partial charge in [-0.3, -0.25) is 4.79 Å². The molecule has 1 amide bonds. The van der Waals surface area contributed by atoms with Gasteiger partial charge in [-0.1, -0.05) is 30.3 Å². The van der Waals surface area contributed by atoms with E-state index in [9.17, 15) is 13.6 Å². The summed E-state index contributed by atoms with van der Waals surface area (Å²) in [5, 5.41) is 0. The highest BCUT2D eigenvalue weighted by Crippen LogP contribution is 2.22. The molecule has 6 heteroatoms. The SMILES string of the molecule is O=C(CSc1ccc(F)c(F)c1)N(Cc1ccccc1)Cc1ccco1. The number of amides is 1. The molecule has 0 bridgehead atoms. The molecule has 26 heavy (non-hydrogen) atoms. The van der Waals surface area contributed by atoms with Crippen molar-refractivity contribution < 1.29 is 18.0 Å². The summed E-state index contributed by atoms with van der Waals surface area (Å²) in [5.41, 5.74) is 1.00. The van der Waals surface area contributed by atoms with Gasteiger partial charge < -0.3 is 9.32 Å². The summed E-state index contributed by atoms with van der Waals surface area (Å²) in [6.45, 7) is 0.789. The van der Waals surface area contributed by atoms with Crippen LogP contribution in [0, 0.1) is 11.6 Å². The van der Waals surface area contributed by atoms with Gasteiger partial charge in [-0.05, 0) is 35.9 Å². The Hall–Kier alpha value is -2.60. The van der Waals surface area contributed by atoms with Crippen LogP contribution in [-0.4, -0.2) is 16.6 Å². The molecule has 0 aliphatic heterocycles. The maximum absolute atomic E-state index is 13.3. The third-order valence-corrected chi connectivity index (χ3v) is 4.73. The molecule has 0 saturated heterocycles. The van der Waals surface area contributed by atoms with Gasteiger partial charge in [0.25, 0.3) is 0 Å². The first-order valence-corrected chi connectivity index (χ1v) is 9.02.